The van der Waals surface area contributed by atoms with Crippen LogP contribution in [0.1, 0.15) is 21.9 Å². The summed E-state index contributed by atoms with van der Waals surface area (Å²) < 4.78 is 11.6. The number of amides is 1. The van der Waals surface area contributed by atoms with Crippen molar-refractivity contribution in [3.8, 4) is 5.75 Å². The molecule has 2 aromatic rings. The summed E-state index contributed by atoms with van der Waals surface area (Å²) in [4.78, 5) is 11.8. The third-order valence-electron chi connectivity index (χ3n) is 2.66. The molecule has 0 saturated carbocycles. The molecule has 6 heteroatoms. The molecule has 1 heterocycles. The third-order valence-corrected chi connectivity index (χ3v) is 3.16. The summed E-state index contributed by atoms with van der Waals surface area (Å²) in [6.45, 7) is 5.77. The predicted octanol–water partition coefficient (Wildman–Crippen LogP) is 3.68. The SMILES string of the molecule is C=CCOc1ccc(Br)cc1/C=N/NC(=O)c1ccc(C)o1. The second-order valence-electron chi connectivity index (χ2n) is 4.39. The van der Waals surface area contributed by atoms with Crippen molar-refractivity contribution in [3.05, 3.63) is 64.5 Å². The fraction of sp³-hybridized carbons (Fsp3) is 0.125. The monoisotopic (exact) mass is 362 g/mol. The summed E-state index contributed by atoms with van der Waals surface area (Å²) in [5.74, 6) is 1.12. The molecule has 0 spiro atoms. The van der Waals surface area contributed by atoms with Gasteiger partial charge in [0.05, 0.1) is 6.21 Å². The number of nitrogens with one attached hydrogen (secondary N) is 1. The predicted molar refractivity (Wildman–Crippen MR) is 88.3 cm³/mol. The maximum absolute atomic E-state index is 11.8. The number of hydrazone groups is 1. The fourth-order valence-corrected chi connectivity index (χ4v) is 2.05. The van der Waals surface area contributed by atoms with Gasteiger partial charge in [0.25, 0.3) is 0 Å². The first-order valence-electron chi connectivity index (χ1n) is 6.53. The molecule has 0 saturated heterocycles. The lowest BCUT2D eigenvalue weighted by Gasteiger charge is -2.07. The molecule has 0 bridgehead atoms. The second kappa shape index (κ2) is 7.61. The van der Waals surface area contributed by atoms with E-state index in [1.165, 1.54) is 6.21 Å². The zero-order chi connectivity index (χ0) is 15.9. The zero-order valence-electron chi connectivity index (χ0n) is 12.0. The summed E-state index contributed by atoms with van der Waals surface area (Å²) >= 11 is 3.39. The number of nitrogens with zero attached hydrogens (tertiary/aromatic N) is 1. The first-order chi connectivity index (χ1) is 10.6. The number of hydrogen-bond acceptors (Lipinski definition) is 4. The van der Waals surface area contributed by atoms with Gasteiger partial charge in [-0.25, -0.2) is 5.43 Å². The van der Waals surface area contributed by atoms with Crippen LogP contribution in [-0.4, -0.2) is 18.7 Å². The number of hydrogen-bond donors (Lipinski definition) is 1. The summed E-state index contributed by atoms with van der Waals surface area (Å²) in [7, 11) is 0. The first-order valence-corrected chi connectivity index (χ1v) is 7.32. The van der Waals surface area contributed by atoms with E-state index in [9.17, 15) is 4.79 Å². The lowest BCUT2D eigenvalue weighted by atomic mass is 10.2. The number of carbonyl (C=O) groups excluding carboxylic acids is 1. The molecule has 22 heavy (non-hydrogen) atoms. The highest BCUT2D eigenvalue weighted by Gasteiger charge is 2.08. The highest BCUT2D eigenvalue weighted by Crippen LogP contribution is 2.21. The maximum atomic E-state index is 11.8. The van der Waals surface area contributed by atoms with Crippen molar-refractivity contribution in [1.82, 2.24) is 5.43 Å². The van der Waals surface area contributed by atoms with Crippen LogP contribution in [0.4, 0.5) is 0 Å². The number of carbonyl (C=O) groups is 1. The molecule has 0 aliphatic heterocycles. The van der Waals surface area contributed by atoms with Crippen molar-refractivity contribution in [3.63, 3.8) is 0 Å². The molecule has 0 aliphatic rings. The number of benzene rings is 1. The molecule has 1 aromatic heterocycles. The second-order valence-corrected chi connectivity index (χ2v) is 5.31. The van der Waals surface area contributed by atoms with Crippen LogP contribution < -0.4 is 10.2 Å². The van der Waals surface area contributed by atoms with E-state index in [1.807, 2.05) is 18.2 Å². The van der Waals surface area contributed by atoms with E-state index in [1.54, 1.807) is 25.1 Å². The Bertz CT molecular complexity index is 707. The Morgan fingerprint density at radius 3 is 2.95 bits per heavy atom. The molecule has 0 atom stereocenters. The average Bonchev–Trinajstić information content (AvgIpc) is 2.93. The van der Waals surface area contributed by atoms with Crippen LogP contribution in [0, 0.1) is 6.92 Å². The van der Waals surface area contributed by atoms with Gasteiger partial charge >= 0.3 is 5.91 Å². The van der Waals surface area contributed by atoms with E-state index in [0.717, 1.165) is 10.0 Å². The molecule has 0 radical (unpaired) electrons. The Morgan fingerprint density at radius 1 is 1.45 bits per heavy atom. The molecule has 114 valence electrons. The van der Waals surface area contributed by atoms with Crippen molar-refractivity contribution in [2.45, 2.75) is 6.92 Å². The largest absolute Gasteiger partial charge is 0.489 e. The van der Waals surface area contributed by atoms with Gasteiger partial charge < -0.3 is 9.15 Å². The molecule has 1 N–H and O–H groups in total. The minimum atomic E-state index is -0.409. The standard InChI is InChI=1S/C16H15BrN2O3/c1-3-8-21-14-7-5-13(17)9-12(14)10-18-19-16(20)15-6-4-11(2)22-15/h3-7,9-10H,1,8H2,2H3,(H,19,20)/b18-10+. The fourth-order valence-electron chi connectivity index (χ4n) is 1.67. The molecule has 0 aliphatic carbocycles. The van der Waals surface area contributed by atoms with Gasteiger partial charge in [-0.3, -0.25) is 4.79 Å². The topological polar surface area (TPSA) is 63.8 Å². The molecule has 0 unspecified atom stereocenters. The van der Waals surface area contributed by atoms with Crippen LogP contribution >= 0.6 is 15.9 Å². The summed E-state index contributed by atoms with van der Waals surface area (Å²) in [6.07, 6.45) is 3.17. The number of rotatable bonds is 6. The Kier molecular flexibility index (Phi) is 5.55. The maximum Gasteiger partial charge on any atom is 0.307 e. The Labute approximate surface area is 136 Å². The van der Waals surface area contributed by atoms with Crippen LogP contribution in [0.15, 0.2) is 57.0 Å². The lowest BCUT2D eigenvalue weighted by Crippen LogP contribution is -2.16. The van der Waals surface area contributed by atoms with Crippen molar-refractivity contribution in [1.29, 1.82) is 0 Å². The number of furan rings is 1. The van der Waals surface area contributed by atoms with Gasteiger partial charge in [-0.15, -0.1) is 0 Å². The molecule has 1 aromatic carbocycles. The van der Waals surface area contributed by atoms with Crippen molar-refractivity contribution in [2.75, 3.05) is 6.61 Å². The lowest BCUT2D eigenvalue weighted by molar-refractivity contribution is 0.0926. The summed E-state index contributed by atoms with van der Waals surface area (Å²) in [5.41, 5.74) is 3.14. The van der Waals surface area contributed by atoms with E-state index in [2.05, 4.69) is 33.0 Å². The van der Waals surface area contributed by atoms with Gasteiger partial charge in [0.15, 0.2) is 5.76 Å². The van der Waals surface area contributed by atoms with Gasteiger partial charge in [0.2, 0.25) is 0 Å². The van der Waals surface area contributed by atoms with Crippen LogP contribution in [0.25, 0.3) is 0 Å². The van der Waals surface area contributed by atoms with Gasteiger partial charge in [0.1, 0.15) is 18.1 Å². The van der Waals surface area contributed by atoms with Crippen LogP contribution in [-0.2, 0) is 0 Å². The summed E-state index contributed by atoms with van der Waals surface area (Å²) in [6, 6.07) is 8.82. The van der Waals surface area contributed by atoms with Crippen LogP contribution in [0.3, 0.4) is 0 Å². The average molecular weight is 363 g/mol. The number of ether oxygens (including phenoxy) is 1. The Balaban J connectivity index is 2.07. The van der Waals surface area contributed by atoms with Gasteiger partial charge in [-0.2, -0.15) is 5.10 Å². The number of halogens is 1. The molecule has 0 fully saturated rings. The quantitative estimate of drug-likeness (QED) is 0.484. The van der Waals surface area contributed by atoms with E-state index < -0.39 is 5.91 Å². The van der Waals surface area contributed by atoms with Crippen LogP contribution in [0.5, 0.6) is 5.75 Å². The Hall–Kier alpha value is -2.34. The number of aryl methyl sites for hydroxylation is 1. The van der Waals surface area contributed by atoms with Gasteiger partial charge in [-0.1, -0.05) is 28.6 Å². The van der Waals surface area contributed by atoms with E-state index in [-0.39, 0.29) is 5.76 Å². The minimum Gasteiger partial charge on any atom is -0.489 e. The highest BCUT2D eigenvalue weighted by molar-refractivity contribution is 9.10. The molecule has 1 amide bonds. The van der Waals surface area contributed by atoms with E-state index in [0.29, 0.717) is 18.1 Å². The third kappa shape index (κ3) is 4.33. The molecule has 5 nitrogen and oxygen atoms in total. The van der Waals surface area contributed by atoms with Gasteiger partial charge in [0, 0.05) is 10.0 Å². The van der Waals surface area contributed by atoms with Crippen molar-refractivity contribution >= 4 is 28.1 Å². The molecular formula is C16H15BrN2O3. The van der Waals surface area contributed by atoms with E-state index in [4.69, 9.17) is 9.15 Å². The normalized spacial score (nSPS) is 10.6. The highest BCUT2D eigenvalue weighted by atomic mass is 79.9. The smallest absolute Gasteiger partial charge is 0.307 e. The summed E-state index contributed by atoms with van der Waals surface area (Å²) in [5, 5.41) is 3.93. The zero-order valence-corrected chi connectivity index (χ0v) is 13.6. The minimum absolute atomic E-state index is 0.215. The van der Waals surface area contributed by atoms with Crippen LogP contribution in [0.2, 0.25) is 0 Å². The van der Waals surface area contributed by atoms with Crippen molar-refractivity contribution < 1.29 is 13.9 Å². The van der Waals surface area contributed by atoms with Gasteiger partial charge in [-0.05, 0) is 37.3 Å². The van der Waals surface area contributed by atoms with Crippen molar-refractivity contribution in [2.24, 2.45) is 5.10 Å². The first kappa shape index (κ1) is 16.0. The molecule has 2 rings (SSSR count). The van der Waals surface area contributed by atoms with E-state index >= 15 is 0 Å². The Morgan fingerprint density at radius 2 is 2.27 bits per heavy atom. The molecular weight excluding hydrogens is 348 g/mol.